The normalized spacial score (nSPS) is 11.6. The molecule has 0 aliphatic rings. The first kappa shape index (κ1) is 21.3. The summed E-state index contributed by atoms with van der Waals surface area (Å²) in [6.07, 6.45) is 1.72. The molecule has 3 aromatic rings. The average Bonchev–Trinajstić information content (AvgIpc) is 2.74. The Hall–Kier alpha value is -3.38. The van der Waals surface area contributed by atoms with Crippen molar-refractivity contribution < 1.29 is 19.4 Å². The van der Waals surface area contributed by atoms with Crippen LogP contribution < -0.4 is 10.1 Å². The van der Waals surface area contributed by atoms with E-state index in [4.69, 9.17) is 16.3 Å². The molecule has 6 nitrogen and oxygen atoms in total. The van der Waals surface area contributed by atoms with E-state index >= 15 is 0 Å². The minimum Gasteiger partial charge on any atom is -0.478 e. The Morgan fingerprint density at radius 3 is 2.60 bits per heavy atom. The van der Waals surface area contributed by atoms with Gasteiger partial charge in [-0.25, -0.2) is 9.78 Å². The third kappa shape index (κ3) is 4.96. The molecule has 0 bridgehead atoms. The smallest absolute Gasteiger partial charge is 0.337 e. The number of benzene rings is 2. The fourth-order valence-electron chi connectivity index (χ4n) is 2.97. The van der Waals surface area contributed by atoms with Gasteiger partial charge in [0.1, 0.15) is 0 Å². The number of nitrogens with one attached hydrogen (secondary N) is 1. The number of hydrogen-bond donors (Lipinski definition) is 2. The summed E-state index contributed by atoms with van der Waals surface area (Å²) in [4.78, 5) is 28.5. The number of amides is 1. The third-order valence-corrected chi connectivity index (χ3v) is 4.85. The zero-order valence-electron chi connectivity index (χ0n) is 16.6. The number of hydrogen-bond acceptors (Lipinski definition) is 4. The quantitative estimate of drug-likeness (QED) is 0.541. The third-order valence-electron chi connectivity index (χ3n) is 4.61. The summed E-state index contributed by atoms with van der Waals surface area (Å²) >= 11 is 5.96. The van der Waals surface area contributed by atoms with Crippen molar-refractivity contribution in [2.45, 2.75) is 19.8 Å². The number of pyridine rings is 1. The molecule has 0 saturated heterocycles. The minimum absolute atomic E-state index is 0.0193. The number of aromatic carboxylic acids is 1. The predicted octanol–water partition coefficient (Wildman–Crippen LogP) is 5.24. The molecule has 1 aromatic heterocycles. The Labute approximate surface area is 179 Å². The van der Waals surface area contributed by atoms with Gasteiger partial charge in [0.25, 0.3) is 0 Å². The number of carboxylic acid groups (broad SMARTS) is 1. The molecule has 1 unspecified atom stereocenters. The van der Waals surface area contributed by atoms with E-state index in [0.717, 1.165) is 16.7 Å². The van der Waals surface area contributed by atoms with Crippen LogP contribution in [0.3, 0.4) is 0 Å². The molecule has 3 rings (SSSR count). The number of ether oxygens (including phenoxy) is 1. The Morgan fingerprint density at radius 2 is 1.93 bits per heavy atom. The largest absolute Gasteiger partial charge is 0.478 e. The molecule has 0 spiro atoms. The maximum Gasteiger partial charge on any atom is 0.337 e. The molecule has 1 amide bonds. The van der Waals surface area contributed by atoms with Crippen LogP contribution in [0.25, 0.3) is 11.1 Å². The topological polar surface area (TPSA) is 88.5 Å². The van der Waals surface area contributed by atoms with Crippen LogP contribution in [0.5, 0.6) is 5.88 Å². The SMILES string of the molecule is CCOc1ccc(-c2cccc(C(C)C(=O)Nc3cc(Cl)ccc3C(=O)O)c2)cn1. The van der Waals surface area contributed by atoms with Crippen molar-refractivity contribution in [1.29, 1.82) is 0 Å². The summed E-state index contributed by atoms with van der Waals surface area (Å²) in [5.41, 5.74) is 2.75. The van der Waals surface area contributed by atoms with Gasteiger partial charge in [0, 0.05) is 22.8 Å². The summed E-state index contributed by atoms with van der Waals surface area (Å²) in [5, 5.41) is 12.4. The Balaban J connectivity index is 1.81. The van der Waals surface area contributed by atoms with E-state index in [9.17, 15) is 14.7 Å². The van der Waals surface area contributed by atoms with Gasteiger partial charge in [0.15, 0.2) is 0 Å². The highest BCUT2D eigenvalue weighted by Crippen LogP contribution is 2.27. The fraction of sp³-hybridized carbons (Fsp3) is 0.174. The maximum absolute atomic E-state index is 12.8. The summed E-state index contributed by atoms with van der Waals surface area (Å²) in [7, 11) is 0. The predicted molar refractivity (Wildman–Crippen MR) is 116 cm³/mol. The van der Waals surface area contributed by atoms with Gasteiger partial charge in [-0.3, -0.25) is 4.79 Å². The van der Waals surface area contributed by atoms with Crippen molar-refractivity contribution >= 4 is 29.2 Å². The molecule has 0 fully saturated rings. The van der Waals surface area contributed by atoms with Crippen molar-refractivity contribution in [3.05, 3.63) is 76.9 Å². The lowest BCUT2D eigenvalue weighted by atomic mass is 9.96. The Kier molecular flexibility index (Phi) is 6.69. The van der Waals surface area contributed by atoms with Gasteiger partial charge >= 0.3 is 5.97 Å². The van der Waals surface area contributed by atoms with Gasteiger partial charge < -0.3 is 15.2 Å². The summed E-state index contributed by atoms with van der Waals surface area (Å²) in [6.45, 7) is 4.20. The summed E-state index contributed by atoms with van der Waals surface area (Å²) in [5.74, 6) is -1.43. The van der Waals surface area contributed by atoms with Gasteiger partial charge in [-0.2, -0.15) is 0 Å². The summed E-state index contributed by atoms with van der Waals surface area (Å²) in [6, 6.07) is 15.5. The highest BCUT2D eigenvalue weighted by atomic mass is 35.5. The van der Waals surface area contributed by atoms with Crippen LogP contribution in [-0.4, -0.2) is 28.6 Å². The number of halogens is 1. The highest BCUT2D eigenvalue weighted by molar-refractivity contribution is 6.31. The molecule has 1 atom stereocenters. The van der Waals surface area contributed by atoms with Crippen molar-refractivity contribution in [3.63, 3.8) is 0 Å². The average molecular weight is 425 g/mol. The van der Waals surface area contributed by atoms with Crippen molar-refractivity contribution in [2.24, 2.45) is 0 Å². The molecule has 0 aliphatic carbocycles. The van der Waals surface area contributed by atoms with Gasteiger partial charge in [0.2, 0.25) is 11.8 Å². The lowest BCUT2D eigenvalue weighted by molar-refractivity contribution is -0.117. The van der Waals surface area contributed by atoms with Crippen molar-refractivity contribution in [2.75, 3.05) is 11.9 Å². The maximum atomic E-state index is 12.8. The van der Waals surface area contributed by atoms with Crippen molar-refractivity contribution in [1.82, 2.24) is 4.98 Å². The first-order valence-corrected chi connectivity index (χ1v) is 9.79. The summed E-state index contributed by atoms with van der Waals surface area (Å²) < 4.78 is 5.37. The Morgan fingerprint density at radius 1 is 1.13 bits per heavy atom. The number of carbonyl (C=O) groups is 2. The van der Waals surface area contributed by atoms with E-state index in [2.05, 4.69) is 10.3 Å². The van der Waals surface area contributed by atoms with Crippen LogP contribution in [0.15, 0.2) is 60.8 Å². The lowest BCUT2D eigenvalue weighted by Gasteiger charge is -2.15. The molecule has 30 heavy (non-hydrogen) atoms. The van der Waals surface area contributed by atoms with E-state index in [1.54, 1.807) is 19.2 Å². The van der Waals surface area contributed by atoms with Gasteiger partial charge in [0.05, 0.1) is 23.8 Å². The molecular formula is C23H21ClN2O4. The van der Waals surface area contributed by atoms with Crippen LogP contribution in [0.4, 0.5) is 5.69 Å². The van der Waals surface area contributed by atoms with Crippen LogP contribution in [-0.2, 0) is 4.79 Å². The molecule has 0 saturated carbocycles. The number of aromatic nitrogens is 1. The molecule has 154 valence electrons. The monoisotopic (exact) mass is 424 g/mol. The second-order valence-electron chi connectivity index (χ2n) is 6.65. The van der Waals surface area contributed by atoms with E-state index in [1.165, 1.54) is 18.2 Å². The molecule has 0 aliphatic heterocycles. The first-order valence-electron chi connectivity index (χ1n) is 9.42. The number of rotatable bonds is 7. The second kappa shape index (κ2) is 9.41. The lowest BCUT2D eigenvalue weighted by Crippen LogP contribution is -2.20. The molecule has 0 radical (unpaired) electrons. The van der Waals surface area contributed by atoms with Crippen molar-refractivity contribution in [3.8, 4) is 17.0 Å². The fourth-order valence-corrected chi connectivity index (χ4v) is 3.14. The van der Waals surface area contributed by atoms with E-state index in [-0.39, 0.29) is 17.2 Å². The van der Waals surface area contributed by atoms with Crippen LogP contribution >= 0.6 is 11.6 Å². The zero-order valence-corrected chi connectivity index (χ0v) is 17.3. The molecular weight excluding hydrogens is 404 g/mol. The van der Waals surface area contributed by atoms with Gasteiger partial charge in [-0.05, 0) is 49.2 Å². The number of carboxylic acids is 1. The van der Waals surface area contributed by atoms with Crippen LogP contribution in [0.1, 0.15) is 35.7 Å². The number of carbonyl (C=O) groups excluding carboxylic acids is 1. The van der Waals surface area contributed by atoms with Crippen LogP contribution in [0.2, 0.25) is 5.02 Å². The molecule has 2 N–H and O–H groups in total. The van der Waals surface area contributed by atoms with Gasteiger partial charge in [-0.1, -0.05) is 35.9 Å². The molecule has 1 heterocycles. The Bertz CT molecular complexity index is 1070. The van der Waals surface area contributed by atoms with Crippen LogP contribution in [0, 0.1) is 0 Å². The standard InChI is InChI=1S/C23H21ClN2O4/c1-3-30-21-10-7-17(13-25-21)16-6-4-5-15(11-16)14(2)22(27)26-20-12-18(24)8-9-19(20)23(28)29/h4-14H,3H2,1-2H3,(H,26,27)(H,28,29). The number of anilines is 1. The molecule has 2 aromatic carbocycles. The molecule has 7 heteroatoms. The van der Waals surface area contributed by atoms with E-state index in [0.29, 0.717) is 17.5 Å². The minimum atomic E-state index is -1.14. The zero-order chi connectivity index (χ0) is 21.7. The van der Waals surface area contributed by atoms with E-state index < -0.39 is 11.9 Å². The van der Waals surface area contributed by atoms with E-state index in [1.807, 2.05) is 37.3 Å². The van der Waals surface area contributed by atoms with Gasteiger partial charge in [-0.15, -0.1) is 0 Å². The number of nitrogens with zero attached hydrogens (tertiary/aromatic N) is 1. The second-order valence-corrected chi connectivity index (χ2v) is 7.09. The first-order chi connectivity index (χ1) is 14.4. The highest BCUT2D eigenvalue weighted by Gasteiger charge is 2.19.